The van der Waals surface area contributed by atoms with Crippen molar-refractivity contribution < 1.29 is 4.39 Å². The first kappa shape index (κ1) is 8.97. The second-order valence-corrected chi connectivity index (χ2v) is 3.96. The highest BCUT2D eigenvalue weighted by atomic mass is 35.5. The number of hydrogen-bond acceptors (Lipinski definition) is 1. The molecule has 2 atom stereocenters. The Kier molecular flexibility index (Phi) is 2.26. The predicted molar refractivity (Wildman–Crippen MR) is 51.4 cm³/mol. The lowest BCUT2D eigenvalue weighted by Crippen LogP contribution is -2.44. The molecular weight excluding hydrogens is 189 g/mol. The molecule has 1 heterocycles. The molecule has 0 amide bonds. The van der Waals surface area contributed by atoms with Gasteiger partial charge in [-0.2, -0.15) is 0 Å². The van der Waals surface area contributed by atoms with Gasteiger partial charge in [-0.3, -0.25) is 0 Å². The molecule has 1 saturated heterocycles. The van der Waals surface area contributed by atoms with Gasteiger partial charge in [0, 0.05) is 22.7 Å². The smallest absolute Gasteiger partial charge is 0.128 e. The van der Waals surface area contributed by atoms with Crippen molar-refractivity contribution in [3.05, 3.63) is 34.6 Å². The van der Waals surface area contributed by atoms with Gasteiger partial charge in [-0.05, 0) is 31.5 Å². The summed E-state index contributed by atoms with van der Waals surface area (Å²) in [7, 11) is 0. The summed E-state index contributed by atoms with van der Waals surface area (Å²) in [5, 5.41) is 3.82. The Balaban J connectivity index is 2.24. The Bertz CT molecular complexity index is 321. The lowest BCUT2D eigenvalue weighted by atomic mass is 9.91. The third-order valence-electron chi connectivity index (χ3n) is 2.41. The molecule has 0 spiro atoms. The van der Waals surface area contributed by atoms with Crippen LogP contribution in [0.4, 0.5) is 4.39 Å². The summed E-state index contributed by atoms with van der Waals surface area (Å²) in [4.78, 5) is 0. The number of halogens is 2. The molecule has 70 valence electrons. The first-order valence-electron chi connectivity index (χ1n) is 4.38. The fourth-order valence-corrected chi connectivity index (χ4v) is 1.85. The molecule has 0 aromatic heterocycles. The van der Waals surface area contributed by atoms with E-state index in [0.717, 1.165) is 6.42 Å². The Morgan fingerprint density at radius 2 is 2.23 bits per heavy atom. The summed E-state index contributed by atoms with van der Waals surface area (Å²) in [5.41, 5.74) is 0.686. The molecule has 0 saturated carbocycles. The van der Waals surface area contributed by atoms with Gasteiger partial charge in [0.05, 0.1) is 0 Å². The van der Waals surface area contributed by atoms with E-state index in [4.69, 9.17) is 11.6 Å². The predicted octanol–water partition coefficient (Wildman–Crippen LogP) is 2.90. The second kappa shape index (κ2) is 3.28. The molecule has 0 radical (unpaired) electrons. The number of rotatable bonds is 1. The van der Waals surface area contributed by atoms with Crippen LogP contribution in [0.2, 0.25) is 5.02 Å². The molecule has 0 aliphatic carbocycles. The molecule has 1 aliphatic heterocycles. The van der Waals surface area contributed by atoms with E-state index in [2.05, 4.69) is 12.2 Å². The van der Waals surface area contributed by atoms with Crippen molar-refractivity contribution >= 4 is 11.6 Å². The number of benzene rings is 1. The van der Waals surface area contributed by atoms with Crippen LogP contribution < -0.4 is 5.32 Å². The van der Waals surface area contributed by atoms with Crippen molar-refractivity contribution in [2.45, 2.75) is 25.4 Å². The minimum absolute atomic E-state index is 0.147. The van der Waals surface area contributed by atoms with Gasteiger partial charge in [0.2, 0.25) is 0 Å². The highest BCUT2D eigenvalue weighted by Crippen LogP contribution is 2.30. The van der Waals surface area contributed by atoms with E-state index in [1.807, 2.05) is 0 Å². The summed E-state index contributed by atoms with van der Waals surface area (Å²) < 4.78 is 13.3. The quantitative estimate of drug-likeness (QED) is 0.734. The van der Waals surface area contributed by atoms with E-state index in [1.165, 1.54) is 6.07 Å². The van der Waals surface area contributed by atoms with E-state index in [1.54, 1.807) is 12.1 Å². The molecule has 2 unspecified atom stereocenters. The Morgan fingerprint density at radius 1 is 1.54 bits per heavy atom. The van der Waals surface area contributed by atoms with Crippen LogP contribution in [-0.4, -0.2) is 6.04 Å². The largest absolute Gasteiger partial charge is 0.307 e. The highest BCUT2D eigenvalue weighted by molar-refractivity contribution is 6.30. The fourth-order valence-electron chi connectivity index (χ4n) is 1.67. The topological polar surface area (TPSA) is 12.0 Å². The van der Waals surface area contributed by atoms with E-state index in [0.29, 0.717) is 16.6 Å². The maximum atomic E-state index is 13.3. The summed E-state index contributed by atoms with van der Waals surface area (Å²) >= 11 is 5.78. The molecule has 2 rings (SSSR count). The first-order chi connectivity index (χ1) is 6.16. The van der Waals surface area contributed by atoms with Crippen LogP contribution in [0.15, 0.2) is 18.2 Å². The maximum Gasteiger partial charge on any atom is 0.128 e. The average Bonchev–Trinajstić information content (AvgIpc) is 2.04. The molecular formula is C10H11ClFN. The van der Waals surface area contributed by atoms with Crippen molar-refractivity contribution in [1.29, 1.82) is 0 Å². The fraction of sp³-hybridized carbons (Fsp3) is 0.400. The van der Waals surface area contributed by atoms with Gasteiger partial charge in [-0.1, -0.05) is 11.6 Å². The maximum absolute atomic E-state index is 13.3. The molecule has 13 heavy (non-hydrogen) atoms. The SMILES string of the molecule is CC1CC(c2cc(Cl)ccc2F)N1. The molecule has 1 nitrogen and oxygen atoms in total. The molecule has 3 heteroatoms. The van der Waals surface area contributed by atoms with Gasteiger partial charge in [0.25, 0.3) is 0 Å². The van der Waals surface area contributed by atoms with Crippen LogP contribution in [0.25, 0.3) is 0 Å². The van der Waals surface area contributed by atoms with Crippen molar-refractivity contribution in [3.8, 4) is 0 Å². The van der Waals surface area contributed by atoms with Crippen LogP contribution >= 0.6 is 11.6 Å². The Hall–Kier alpha value is -0.600. The van der Waals surface area contributed by atoms with Gasteiger partial charge < -0.3 is 5.32 Å². The van der Waals surface area contributed by atoms with E-state index in [9.17, 15) is 4.39 Å². The van der Waals surface area contributed by atoms with Gasteiger partial charge in [0.15, 0.2) is 0 Å². The third kappa shape index (κ3) is 1.69. The number of hydrogen-bond donors (Lipinski definition) is 1. The molecule has 0 bridgehead atoms. The van der Waals surface area contributed by atoms with Crippen LogP contribution in [0.5, 0.6) is 0 Å². The molecule has 1 aliphatic rings. The monoisotopic (exact) mass is 199 g/mol. The summed E-state index contributed by atoms with van der Waals surface area (Å²) in [5.74, 6) is -0.172. The van der Waals surface area contributed by atoms with E-state index >= 15 is 0 Å². The van der Waals surface area contributed by atoms with Crippen LogP contribution in [0.1, 0.15) is 24.9 Å². The van der Waals surface area contributed by atoms with E-state index in [-0.39, 0.29) is 11.9 Å². The summed E-state index contributed by atoms with van der Waals surface area (Å²) in [6, 6.07) is 5.32. The molecule has 1 N–H and O–H groups in total. The lowest BCUT2D eigenvalue weighted by Gasteiger charge is -2.35. The van der Waals surface area contributed by atoms with E-state index < -0.39 is 0 Å². The Labute approximate surface area is 81.9 Å². The minimum atomic E-state index is -0.172. The van der Waals surface area contributed by atoms with Crippen molar-refractivity contribution in [2.24, 2.45) is 0 Å². The third-order valence-corrected chi connectivity index (χ3v) is 2.64. The zero-order valence-corrected chi connectivity index (χ0v) is 8.11. The Morgan fingerprint density at radius 3 is 2.85 bits per heavy atom. The van der Waals surface area contributed by atoms with Crippen LogP contribution in [0.3, 0.4) is 0 Å². The normalized spacial score (nSPS) is 27.0. The van der Waals surface area contributed by atoms with Crippen molar-refractivity contribution in [3.63, 3.8) is 0 Å². The lowest BCUT2D eigenvalue weighted by molar-refractivity contribution is 0.281. The van der Waals surface area contributed by atoms with Gasteiger partial charge in [-0.15, -0.1) is 0 Å². The van der Waals surface area contributed by atoms with Gasteiger partial charge in [-0.25, -0.2) is 4.39 Å². The molecule has 1 aromatic rings. The zero-order chi connectivity index (χ0) is 9.42. The first-order valence-corrected chi connectivity index (χ1v) is 4.75. The number of nitrogens with one attached hydrogen (secondary N) is 1. The highest BCUT2D eigenvalue weighted by Gasteiger charge is 2.27. The van der Waals surface area contributed by atoms with Crippen LogP contribution in [-0.2, 0) is 0 Å². The molecule has 1 fully saturated rings. The second-order valence-electron chi connectivity index (χ2n) is 3.52. The standard InChI is InChI=1S/C10H11ClFN/c1-6-4-10(13-6)8-5-7(11)2-3-9(8)12/h2-3,5-6,10,13H,4H2,1H3. The van der Waals surface area contributed by atoms with Crippen molar-refractivity contribution in [1.82, 2.24) is 5.32 Å². The molecule has 1 aromatic carbocycles. The average molecular weight is 200 g/mol. The zero-order valence-electron chi connectivity index (χ0n) is 7.35. The summed E-state index contributed by atoms with van der Waals surface area (Å²) in [6.45, 7) is 2.08. The summed E-state index contributed by atoms with van der Waals surface area (Å²) in [6.07, 6.45) is 0.983. The minimum Gasteiger partial charge on any atom is -0.307 e. The van der Waals surface area contributed by atoms with Gasteiger partial charge >= 0.3 is 0 Å². The van der Waals surface area contributed by atoms with Crippen molar-refractivity contribution in [2.75, 3.05) is 0 Å². The van der Waals surface area contributed by atoms with Crippen LogP contribution in [0, 0.1) is 5.82 Å². The van der Waals surface area contributed by atoms with Gasteiger partial charge in [0.1, 0.15) is 5.82 Å².